The van der Waals surface area contributed by atoms with Gasteiger partial charge in [0.1, 0.15) is 0 Å². The summed E-state index contributed by atoms with van der Waals surface area (Å²) in [6.07, 6.45) is 0.461. The molecule has 1 fully saturated rings. The van der Waals surface area contributed by atoms with Crippen molar-refractivity contribution in [3.05, 3.63) is 0 Å². The van der Waals surface area contributed by atoms with Gasteiger partial charge in [0.2, 0.25) is 5.91 Å². The number of ether oxygens (including phenoxy) is 1. The summed E-state index contributed by atoms with van der Waals surface area (Å²) in [6, 6.07) is 0. The predicted molar refractivity (Wildman–Crippen MR) is 75.0 cm³/mol. The van der Waals surface area contributed by atoms with E-state index in [9.17, 15) is 9.90 Å². The fraction of sp³-hybridized carbons (Fsp3) is 0.929. The Morgan fingerprint density at radius 1 is 1.26 bits per heavy atom. The standard InChI is InChI=1S/C14H28N2O3/c1-4-12(3)14(18)16-8-6-15(7-9-16)10-13(17)11-19-5-2/h12-13,17H,4-11H2,1-3H3. The lowest BCUT2D eigenvalue weighted by atomic mass is 10.1. The average molecular weight is 272 g/mol. The van der Waals surface area contributed by atoms with Gasteiger partial charge in [-0.3, -0.25) is 9.69 Å². The number of nitrogens with zero attached hydrogens (tertiary/aromatic N) is 2. The molecule has 2 atom stereocenters. The van der Waals surface area contributed by atoms with E-state index in [1.807, 2.05) is 25.7 Å². The molecule has 0 aliphatic carbocycles. The van der Waals surface area contributed by atoms with Crippen LogP contribution in [0.15, 0.2) is 0 Å². The van der Waals surface area contributed by atoms with Crippen LogP contribution in [0, 0.1) is 5.92 Å². The molecule has 0 aromatic carbocycles. The summed E-state index contributed by atoms with van der Waals surface area (Å²) in [7, 11) is 0. The van der Waals surface area contributed by atoms with Crippen LogP contribution < -0.4 is 0 Å². The molecule has 1 rings (SSSR count). The Kier molecular flexibility index (Phi) is 7.34. The molecule has 0 radical (unpaired) electrons. The minimum absolute atomic E-state index is 0.120. The number of carbonyl (C=O) groups excluding carboxylic acids is 1. The van der Waals surface area contributed by atoms with Crippen LogP contribution >= 0.6 is 0 Å². The van der Waals surface area contributed by atoms with Crippen LogP contribution in [0.5, 0.6) is 0 Å². The quantitative estimate of drug-likeness (QED) is 0.736. The molecule has 19 heavy (non-hydrogen) atoms. The van der Waals surface area contributed by atoms with Crippen molar-refractivity contribution in [1.82, 2.24) is 9.80 Å². The van der Waals surface area contributed by atoms with Crippen molar-refractivity contribution < 1.29 is 14.6 Å². The Labute approximate surface area is 116 Å². The van der Waals surface area contributed by atoms with Crippen LogP contribution in [0.2, 0.25) is 0 Å². The summed E-state index contributed by atoms with van der Waals surface area (Å²) in [6.45, 7) is 10.8. The smallest absolute Gasteiger partial charge is 0.225 e. The molecule has 1 saturated heterocycles. The zero-order chi connectivity index (χ0) is 14.3. The number of rotatable bonds is 7. The van der Waals surface area contributed by atoms with Crippen molar-refractivity contribution in [2.75, 3.05) is 45.9 Å². The van der Waals surface area contributed by atoms with E-state index < -0.39 is 6.10 Å². The highest BCUT2D eigenvalue weighted by Gasteiger charge is 2.24. The molecule has 5 nitrogen and oxygen atoms in total. The first-order valence-electron chi connectivity index (χ1n) is 7.35. The highest BCUT2D eigenvalue weighted by atomic mass is 16.5. The zero-order valence-electron chi connectivity index (χ0n) is 12.5. The fourth-order valence-corrected chi connectivity index (χ4v) is 2.24. The molecule has 0 aromatic rings. The van der Waals surface area contributed by atoms with E-state index in [2.05, 4.69) is 4.90 Å². The van der Waals surface area contributed by atoms with Crippen LogP contribution in [-0.4, -0.2) is 72.9 Å². The molecule has 2 unspecified atom stereocenters. The number of aliphatic hydroxyl groups excluding tert-OH is 1. The van der Waals surface area contributed by atoms with Gasteiger partial charge in [0.15, 0.2) is 0 Å². The topological polar surface area (TPSA) is 53.0 Å². The first kappa shape index (κ1) is 16.4. The Morgan fingerprint density at radius 3 is 2.42 bits per heavy atom. The second kappa shape index (κ2) is 8.51. The Balaban J connectivity index is 2.27. The number of amides is 1. The maximum Gasteiger partial charge on any atom is 0.225 e. The number of aliphatic hydroxyl groups is 1. The predicted octanol–water partition coefficient (Wildman–Crippen LogP) is 0.574. The SMILES string of the molecule is CCOCC(O)CN1CCN(C(=O)C(C)CC)CC1. The summed E-state index contributed by atoms with van der Waals surface area (Å²) in [5.41, 5.74) is 0. The van der Waals surface area contributed by atoms with Gasteiger partial charge >= 0.3 is 0 Å². The van der Waals surface area contributed by atoms with Gasteiger partial charge in [0.05, 0.1) is 12.7 Å². The van der Waals surface area contributed by atoms with Crippen molar-refractivity contribution in [3.63, 3.8) is 0 Å². The van der Waals surface area contributed by atoms with Crippen LogP contribution in [-0.2, 0) is 9.53 Å². The van der Waals surface area contributed by atoms with Crippen LogP contribution in [0.1, 0.15) is 27.2 Å². The van der Waals surface area contributed by atoms with E-state index >= 15 is 0 Å². The summed E-state index contributed by atoms with van der Waals surface area (Å²) in [4.78, 5) is 16.2. The van der Waals surface area contributed by atoms with E-state index in [0.717, 1.165) is 32.6 Å². The average Bonchev–Trinajstić information content (AvgIpc) is 2.44. The zero-order valence-corrected chi connectivity index (χ0v) is 12.5. The Morgan fingerprint density at radius 2 is 1.89 bits per heavy atom. The van der Waals surface area contributed by atoms with Crippen LogP contribution in [0.4, 0.5) is 0 Å². The summed E-state index contributed by atoms with van der Waals surface area (Å²) >= 11 is 0. The van der Waals surface area contributed by atoms with Crippen molar-refractivity contribution in [2.45, 2.75) is 33.3 Å². The van der Waals surface area contributed by atoms with Gasteiger partial charge in [-0.25, -0.2) is 0 Å². The van der Waals surface area contributed by atoms with Gasteiger partial charge in [-0.2, -0.15) is 0 Å². The number of piperazine rings is 1. The lowest BCUT2D eigenvalue weighted by molar-refractivity contribution is -0.137. The first-order valence-corrected chi connectivity index (χ1v) is 7.35. The molecular formula is C14H28N2O3. The van der Waals surface area contributed by atoms with Gasteiger partial charge in [0.25, 0.3) is 0 Å². The van der Waals surface area contributed by atoms with Crippen molar-refractivity contribution in [3.8, 4) is 0 Å². The first-order chi connectivity index (χ1) is 9.08. The third-order valence-corrected chi connectivity index (χ3v) is 3.70. The van der Waals surface area contributed by atoms with Crippen LogP contribution in [0.3, 0.4) is 0 Å². The minimum Gasteiger partial charge on any atom is -0.389 e. The molecule has 1 N–H and O–H groups in total. The van der Waals surface area contributed by atoms with E-state index in [4.69, 9.17) is 4.74 Å². The molecule has 5 heteroatoms. The normalized spacial score (nSPS) is 20.3. The van der Waals surface area contributed by atoms with Gasteiger partial charge in [-0.05, 0) is 13.3 Å². The molecule has 0 bridgehead atoms. The molecule has 0 spiro atoms. The molecule has 1 aliphatic heterocycles. The van der Waals surface area contributed by atoms with E-state index in [1.54, 1.807) is 0 Å². The molecule has 1 amide bonds. The molecule has 112 valence electrons. The van der Waals surface area contributed by atoms with Crippen molar-refractivity contribution in [1.29, 1.82) is 0 Å². The molecule has 1 aliphatic rings. The lowest BCUT2D eigenvalue weighted by Crippen LogP contribution is -2.51. The third kappa shape index (κ3) is 5.47. The summed E-state index contributed by atoms with van der Waals surface area (Å²) in [5, 5.41) is 9.79. The van der Waals surface area contributed by atoms with Gasteiger partial charge in [-0.1, -0.05) is 13.8 Å². The number of β-amino-alcohol motifs (C(OH)–C–C–N with tert-alkyl or cyclic N) is 1. The van der Waals surface area contributed by atoms with Gasteiger partial charge in [0, 0.05) is 45.2 Å². The number of hydrogen-bond acceptors (Lipinski definition) is 4. The summed E-state index contributed by atoms with van der Waals surface area (Å²) in [5.74, 6) is 0.382. The fourth-order valence-electron chi connectivity index (χ4n) is 2.24. The van der Waals surface area contributed by atoms with Crippen molar-refractivity contribution >= 4 is 5.91 Å². The lowest BCUT2D eigenvalue weighted by Gasteiger charge is -2.36. The number of hydrogen-bond donors (Lipinski definition) is 1. The van der Waals surface area contributed by atoms with Crippen molar-refractivity contribution in [2.24, 2.45) is 5.92 Å². The summed E-state index contributed by atoms with van der Waals surface area (Å²) < 4.78 is 5.20. The molecule has 0 aromatic heterocycles. The third-order valence-electron chi connectivity index (χ3n) is 3.70. The maximum atomic E-state index is 12.0. The second-order valence-corrected chi connectivity index (χ2v) is 5.25. The number of carbonyl (C=O) groups is 1. The molecule has 0 saturated carbocycles. The van der Waals surface area contributed by atoms with E-state index in [0.29, 0.717) is 19.8 Å². The van der Waals surface area contributed by atoms with E-state index in [1.165, 1.54) is 0 Å². The van der Waals surface area contributed by atoms with Gasteiger partial charge in [-0.15, -0.1) is 0 Å². The largest absolute Gasteiger partial charge is 0.389 e. The Bertz CT molecular complexity index is 265. The second-order valence-electron chi connectivity index (χ2n) is 5.25. The van der Waals surface area contributed by atoms with Crippen LogP contribution in [0.25, 0.3) is 0 Å². The molecular weight excluding hydrogens is 244 g/mol. The maximum absolute atomic E-state index is 12.0. The monoisotopic (exact) mass is 272 g/mol. The highest BCUT2D eigenvalue weighted by Crippen LogP contribution is 2.10. The highest BCUT2D eigenvalue weighted by molar-refractivity contribution is 5.78. The Hall–Kier alpha value is -0.650. The van der Waals surface area contributed by atoms with Gasteiger partial charge < -0.3 is 14.7 Å². The molecule has 1 heterocycles. The minimum atomic E-state index is -0.434. The van der Waals surface area contributed by atoms with E-state index in [-0.39, 0.29) is 11.8 Å².